The van der Waals surface area contributed by atoms with Gasteiger partial charge in [-0.1, -0.05) is 18.2 Å². The van der Waals surface area contributed by atoms with Crippen molar-refractivity contribution in [1.82, 2.24) is 5.32 Å². The number of aliphatic carboxylic acids is 1. The van der Waals surface area contributed by atoms with Gasteiger partial charge in [0, 0.05) is 12.1 Å². The van der Waals surface area contributed by atoms with E-state index in [1.165, 1.54) is 25.1 Å². The lowest BCUT2D eigenvalue weighted by Crippen LogP contribution is -2.47. The van der Waals surface area contributed by atoms with Crippen molar-refractivity contribution in [3.05, 3.63) is 48.1 Å². The van der Waals surface area contributed by atoms with Crippen molar-refractivity contribution in [2.24, 2.45) is 0 Å². The van der Waals surface area contributed by atoms with Crippen LogP contribution in [0, 0.1) is 11.6 Å². The van der Waals surface area contributed by atoms with Crippen LogP contribution in [0.5, 0.6) is 0 Å². The second-order valence-corrected chi connectivity index (χ2v) is 3.70. The van der Waals surface area contributed by atoms with E-state index in [1.54, 1.807) is 0 Å². The van der Waals surface area contributed by atoms with Gasteiger partial charge in [0.2, 0.25) is 0 Å². The number of rotatable bonds is 5. The van der Waals surface area contributed by atoms with Gasteiger partial charge < -0.3 is 5.11 Å². The van der Waals surface area contributed by atoms with Crippen LogP contribution < -0.4 is 5.32 Å². The lowest BCUT2D eigenvalue weighted by Gasteiger charge is -2.26. The molecule has 1 unspecified atom stereocenters. The maximum Gasteiger partial charge on any atom is 0.328 e. The molecule has 0 heterocycles. The highest BCUT2D eigenvalue weighted by Crippen LogP contribution is 2.25. The van der Waals surface area contributed by atoms with Crippen molar-refractivity contribution in [3.8, 4) is 0 Å². The molecule has 2 N–H and O–H groups in total. The summed E-state index contributed by atoms with van der Waals surface area (Å²) < 4.78 is 26.7. The molecule has 1 aromatic carbocycles. The highest BCUT2D eigenvalue weighted by atomic mass is 19.2. The third-order valence-corrected chi connectivity index (χ3v) is 2.52. The molecule has 0 fully saturated rings. The third kappa shape index (κ3) is 2.50. The van der Waals surface area contributed by atoms with Gasteiger partial charge in [-0.05, 0) is 13.0 Å². The summed E-state index contributed by atoms with van der Waals surface area (Å²) in [4.78, 5) is 11.2. The van der Waals surface area contributed by atoms with Crippen molar-refractivity contribution >= 4 is 5.97 Å². The average Bonchev–Trinajstić information content (AvgIpc) is 2.29. The summed E-state index contributed by atoms with van der Waals surface area (Å²) in [6.07, 6.45) is 1.44. The van der Waals surface area contributed by atoms with Crippen molar-refractivity contribution in [2.75, 3.05) is 6.54 Å². The molecule has 1 aromatic rings. The Labute approximate surface area is 97.8 Å². The first-order chi connectivity index (χ1) is 7.93. The molecule has 0 spiro atoms. The van der Waals surface area contributed by atoms with Gasteiger partial charge in [0.05, 0.1) is 0 Å². The van der Waals surface area contributed by atoms with Gasteiger partial charge in [0.25, 0.3) is 0 Å². The van der Waals surface area contributed by atoms with Gasteiger partial charge in [-0.15, -0.1) is 6.58 Å². The Hall–Kier alpha value is -1.75. The summed E-state index contributed by atoms with van der Waals surface area (Å²) in [6.45, 7) is 4.87. The fourth-order valence-corrected chi connectivity index (χ4v) is 1.45. The Morgan fingerprint density at radius 2 is 2.24 bits per heavy atom. The van der Waals surface area contributed by atoms with Gasteiger partial charge in [-0.3, -0.25) is 5.32 Å². The lowest BCUT2D eigenvalue weighted by molar-refractivity contribution is -0.144. The van der Waals surface area contributed by atoms with E-state index < -0.39 is 23.1 Å². The number of halogens is 2. The summed E-state index contributed by atoms with van der Waals surface area (Å²) in [5.41, 5.74) is -1.94. The van der Waals surface area contributed by atoms with E-state index in [0.29, 0.717) is 0 Å². The topological polar surface area (TPSA) is 49.3 Å². The van der Waals surface area contributed by atoms with E-state index >= 15 is 0 Å². The number of hydrogen-bond donors (Lipinski definition) is 2. The Balaban J connectivity index is 3.27. The summed E-state index contributed by atoms with van der Waals surface area (Å²) in [5, 5.41) is 11.7. The lowest BCUT2D eigenvalue weighted by atomic mass is 9.91. The molecule has 1 atom stereocenters. The first kappa shape index (κ1) is 13.3. The standard InChI is InChI=1S/C12H13F2NO2/c1-3-7-15-12(2,11(16)17)8-5-4-6-9(13)10(8)14/h3-6,15H,1,7H2,2H3,(H,16,17). The highest BCUT2D eigenvalue weighted by molar-refractivity contribution is 5.80. The molecule has 0 saturated heterocycles. The summed E-state index contributed by atoms with van der Waals surface area (Å²) in [7, 11) is 0. The summed E-state index contributed by atoms with van der Waals surface area (Å²) in [5.74, 6) is -3.52. The van der Waals surface area contributed by atoms with Crippen molar-refractivity contribution in [1.29, 1.82) is 0 Å². The SMILES string of the molecule is C=CCNC(C)(C(=O)O)c1cccc(F)c1F. The number of hydrogen-bond acceptors (Lipinski definition) is 2. The molecule has 5 heteroatoms. The first-order valence-electron chi connectivity index (χ1n) is 4.97. The number of carboxylic acids is 1. The molecular weight excluding hydrogens is 228 g/mol. The number of nitrogens with one attached hydrogen (secondary N) is 1. The van der Waals surface area contributed by atoms with Crippen LogP contribution in [-0.2, 0) is 10.3 Å². The molecule has 3 nitrogen and oxygen atoms in total. The number of benzene rings is 1. The highest BCUT2D eigenvalue weighted by Gasteiger charge is 2.37. The smallest absolute Gasteiger partial charge is 0.328 e. The van der Waals surface area contributed by atoms with Crippen LogP contribution >= 0.6 is 0 Å². The van der Waals surface area contributed by atoms with E-state index in [9.17, 15) is 13.6 Å². The quantitative estimate of drug-likeness (QED) is 0.775. The zero-order valence-corrected chi connectivity index (χ0v) is 9.34. The number of carbonyl (C=O) groups is 1. The Morgan fingerprint density at radius 3 is 2.76 bits per heavy atom. The predicted molar refractivity (Wildman–Crippen MR) is 59.5 cm³/mol. The molecule has 0 amide bonds. The molecule has 92 valence electrons. The summed E-state index contributed by atoms with van der Waals surface area (Å²) >= 11 is 0. The zero-order valence-electron chi connectivity index (χ0n) is 9.34. The molecular formula is C12H13F2NO2. The fourth-order valence-electron chi connectivity index (χ4n) is 1.45. The van der Waals surface area contributed by atoms with Crippen LogP contribution in [0.25, 0.3) is 0 Å². The van der Waals surface area contributed by atoms with Crippen molar-refractivity contribution < 1.29 is 18.7 Å². The Morgan fingerprint density at radius 1 is 1.59 bits per heavy atom. The fraction of sp³-hybridized carbons (Fsp3) is 0.250. The van der Waals surface area contributed by atoms with Crippen LogP contribution in [0.15, 0.2) is 30.9 Å². The van der Waals surface area contributed by atoms with E-state index in [-0.39, 0.29) is 12.1 Å². The van der Waals surface area contributed by atoms with Crippen LogP contribution in [0.1, 0.15) is 12.5 Å². The Kier molecular flexibility index (Phi) is 3.96. The minimum atomic E-state index is -1.69. The molecule has 0 aliphatic carbocycles. The van der Waals surface area contributed by atoms with Gasteiger partial charge in [0.15, 0.2) is 11.6 Å². The molecule has 0 saturated carbocycles. The second-order valence-electron chi connectivity index (χ2n) is 3.70. The maximum atomic E-state index is 13.6. The van der Waals surface area contributed by atoms with E-state index in [0.717, 1.165) is 6.07 Å². The Bertz CT molecular complexity index is 448. The minimum Gasteiger partial charge on any atom is -0.480 e. The monoisotopic (exact) mass is 241 g/mol. The molecule has 0 aromatic heterocycles. The van der Waals surface area contributed by atoms with Crippen molar-refractivity contribution in [2.45, 2.75) is 12.5 Å². The van der Waals surface area contributed by atoms with Crippen LogP contribution in [-0.4, -0.2) is 17.6 Å². The van der Waals surface area contributed by atoms with Gasteiger partial charge in [-0.25, -0.2) is 13.6 Å². The third-order valence-electron chi connectivity index (χ3n) is 2.52. The average molecular weight is 241 g/mol. The van der Waals surface area contributed by atoms with E-state index in [4.69, 9.17) is 5.11 Å². The minimum absolute atomic E-state index is 0.165. The van der Waals surface area contributed by atoms with Crippen LogP contribution in [0.4, 0.5) is 8.78 Å². The molecule has 0 bridgehead atoms. The van der Waals surface area contributed by atoms with Gasteiger partial charge in [-0.2, -0.15) is 0 Å². The van der Waals surface area contributed by atoms with E-state index in [2.05, 4.69) is 11.9 Å². The molecule has 1 rings (SSSR count). The zero-order chi connectivity index (χ0) is 13.1. The second kappa shape index (κ2) is 5.05. The molecule has 0 aliphatic rings. The maximum absolute atomic E-state index is 13.6. The predicted octanol–water partition coefficient (Wildman–Crippen LogP) is 2.04. The van der Waals surface area contributed by atoms with E-state index in [1.807, 2.05) is 0 Å². The van der Waals surface area contributed by atoms with Gasteiger partial charge >= 0.3 is 5.97 Å². The van der Waals surface area contributed by atoms with Gasteiger partial charge in [0.1, 0.15) is 5.54 Å². The van der Waals surface area contributed by atoms with Crippen molar-refractivity contribution in [3.63, 3.8) is 0 Å². The normalized spacial score (nSPS) is 14.1. The van der Waals surface area contributed by atoms with Crippen LogP contribution in [0.2, 0.25) is 0 Å². The largest absolute Gasteiger partial charge is 0.480 e. The number of carboxylic acid groups (broad SMARTS) is 1. The molecule has 0 aliphatic heterocycles. The molecule has 17 heavy (non-hydrogen) atoms. The first-order valence-corrected chi connectivity index (χ1v) is 4.97. The summed E-state index contributed by atoms with van der Waals surface area (Å²) in [6, 6.07) is 3.45. The van der Waals surface area contributed by atoms with Crippen LogP contribution in [0.3, 0.4) is 0 Å². The molecule has 0 radical (unpaired) electrons.